The van der Waals surface area contributed by atoms with Crippen LogP contribution in [0.15, 0.2) is 74.7 Å². The van der Waals surface area contributed by atoms with Gasteiger partial charge in [-0.3, -0.25) is 4.79 Å². The first-order valence-corrected chi connectivity index (χ1v) is 7.89. The highest BCUT2D eigenvalue weighted by molar-refractivity contribution is 9.10. The maximum absolute atomic E-state index is 11.9. The minimum absolute atomic E-state index is 0.0248. The third kappa shape index (κ3) is 3.91. The molecule has 0 bridgehead atoms. The Labute approximate surface area is 146 Å². The lowest BCUT2D eigenvalue weighted by atomic mass is 10.2. The summed E-state index contributed by atoms with van der Waals surface area (Å²) >= 11 is 3.39. The summed E-state index contributed by atoms with van der Waals surface area (Å²) in [7, 11) is 0. The molecule has 3 aromatic rings. The third-order valence-corrected chi connectivity index (χ3v) is 3.75. The van der Waals surface area contributed by atoms with E-state index in [1.165, 1.54) is 18.3 Å². The van der Waals surface area contributed by atoms with E-state index in [1.807, 2.05) is 30.3 Å². The van der Waals surface area contributed by atoms with E-state index >= 15 is 0 Å². The average molecular weight is 385 g/mol. The molecule has 1 aromatic heterocycles. The molecule has 0 spiro atoms. The number of phenolic OH excluding ortho intramolecular Hbond substituents is 1. The normalized spacial score (nSPS) is 10.9. The van der Waals surface area contributed by atoms with Crippen LogP contribution < -0.4 is 5.43 Å². The van der Waals surface area contributed by atoms with E-state index in [0.29, 0.717) is 17.1 Å². The van der Waals surface area contributed by atoms with Gasteiger partial charge in [-0.2, -0.15) is 5.10 Å². The van der Waals surface area contributed by atoms with E-state index in [4.69, 9.17) is 4.42 Å². The summed E-state index contributed by atoms with van der Waals surface area (Å²) < 4.78 is 6.65. The van der Waals surface area contributed by atoms with Crippen molar-refractivity contribution >= 4 is 28.1 Å². The number of phenols is 1. The quantitative estimate of drug-likeness (QED) is 0.523. The first kappa shape index (κ1) is 16.0. The molecular weight excluding hydrogens is 372 g/mol. The average Bonchev–Trinajstić information content (AvgIpc) is 3.04. The zero-order valence-electron chi connectivity index (χ0n) is 12.4. The van der Waals surface area contributed by atoms with Crippen molar-refractivity contribution in [2.45, 2.75) is 0 Å². The summed E-state index contributed by atoms with van der Waals surface area (Å²) in [5.41, 5.74) is 3.65. The Morgan fingerprint density at radius 1 is 1.12 bits per heavy atom. The second-order valence-corrected chi connectivity index (χ2v) is 5.87. The lowest BCUT2D eigenvalue weighted by Gasteiger charge is -1.99. The first-order valence-electron chi connectivity index (χ1n) is 7.10. The Hall–Kier alpha value is -2.86. The second kappa shape index (κ2) is 7.14. The number of hydrogen-bond donors (Lipinski definition) is 2. The number of furan rings is 1. The number of aromatic hydroxyl groups is 1. The van der Waals surface area contributed by atoms with Gasteiger partial charge < -0.3 is 9.52 Å². The zero-order chi connectivity index (χ0) is 16.9. The van der Waals surface area contributed by atoms with Gasteiger partial charge >= 0.3 is 0 Å². The van der Waals surface area contributed by atoms with Gasteiger partial charge in [-0.1, -0.05) is 34.1 Å². The van der Waals surface area contributed by atoms with Crippen LogP contribution in [0.3, 0.4) is 0 Å². The van der Waals surface area contributed by atoms with Crippen molar-refractivity contribution in [3.8, 4) is 17.1 Å². The van der Waals surface area contributed by atoms with Crippen molar-refractivity contribution in [2.75, 3.05) is 0 Å². The number of hydrogen-bond acceptors (Lipinski definition) is 4. The van der Waals surface area contributed by atoms with Crippen LogP contribution in [0, 0.1) is 0 Å². The van der Waals surface area contributed by atoms with Crippen LogP contribution in [0.25, 0.3) is 11.3 Å². The van der Waals surface area contributed by atoms with Gasteiger partial charge in [-0.25, -0.2) is 5.43 Å². The topological polar surface area (TPSA) is 74.8 Å². The van der Waals surface area contributed by atoms with Crippen LogP contribution in [-0.4, -0.2) is 17.2 Å². The highest BCUT2D eigenvalue weighted by atomic mass is 79.9. The lowest BCUT2D eigenvalue weighted by molar-refractivity contribution is 0.0954. The van der Waals surface area contributed by atoms with Gasteiger partial charge in [0.05, 0.1) is 6.21 Å². The summed E-state index contributed by atoms with van der Waals surface area (Å²) in [5.74, 6) is 0.839. The molecule has 0 aliphatic rings. The van der Waals surface area contributed by atoms with Crippen molar-refractivity contribution in [1.82, 2.24) is 5.43 Å². The summed E-state index contributed by atoms with van der Waals surface area (Å²) in [6, 6.07) is 17.4. The Morgan fingerprint density at radius 2 is 1.92 bits per heavy atom. The fourth-order valence-electron chi connectivity index (χ4n) is 2.06. The van der Waals surface area contributed by atoms with Crippen molar-refractivity contribution < 1.29 is 14.3 Å². The summed E-state index contributed by atoms with van der Waals surface area (Å²) in [6.07, 6.45) is 1.42. The third-order valence-electron chi connectivity index (χ3n) is 3.22. The van der Waals surface area contributed by atoms with Crippen LogP contribution in [0.5, 0.6) is 5.75 Å². The number of halogens is 1. The minimum Gasteiger partial charge on any atom is -0.508 e. The Bertz CT molecular complexity index is 885. The molecule has 120 valence electrons. The molecule has 0 saturated heterocycles. The van der Waals surface area contributed by atoms with Crippen molar-refractivity contribution in [3.63, 3.8) is 0 Å². The summed E-state index contributed by atoms with van der Waals surface area (Å²) in [4.78, 5) is 11.9. The molecule has 6 heteroatoms. The molecule has 0 aliphatic carbocycles. The SMILES string of the molecule is O=C(N/N=C\c1ccc(-c2ccc(Br)cc2)o1)c1cccc(O)c1. The predicted octanol–water partition coefficient (Wildman–Crippen LogP) is 4.18. The molecule has 5 nitrogen and oxygen atoms in total. The molecule has 0 aliphatic heterocycles. The number of benzene rings is 2. The monoisotopic (exact) mass is 384 g/mol. The molecule has 0 saturated carbocycles. The van der Waals surface area contributed by atoms with Crippen LogP contribution in [-0.2, 0) is 0 Å². The van der Waals surface area contributed by atoms with Gasteiger partial charge in [0.15, 0.2) is 0 Å². The molecule has 0 unspecified atom stereocenters. The van der Waals surface area contributed by atoms with Crippen LogP contribution in [0.4, 0.5) is 0 Å². The predicted molar refractivity (Wildman–Crippen MR) is 95.0 cm³/mol. The van der Waals surface area contributed by atoms with Crippen molar-refractivity contribution in [3.05, 3.63) is 76.5 Å². The van der Waals surface area contributed by atoms with Gasteiger partial charge in [0, 0.05) is 15.6 Å². The first-order chi connectivity index (χ1) is 11.6. The highest BCUT2D eigenvalue weighted by Gasteiger charge is 2.05. The molecule has 2 aromatic carbocycles. The molecule has 0 radical (unpaired) electrons. The molecule has 24 heavy (non-hydrogen) atoms. The van der Waals surface area contributed by atoms with E-state index in [1.54, 1.807) is 18.2 Å². The molecule has 0 fully saturated rings. The van der Waals surface area contributed by atoms with Crippen LogP contribution >= 0.6 is 15.9 Å². The Kier molecular flexibility index (Phi) is 4.77. The van der Waals surface area contributed by atoms with Gasteiger partial charge in [-0.15, -0.1) is 0 Å². The van der Waals surface area contributed by atoms with Gasteiger partial charge in [-0.05, 0) is 42.5 Å². The number of nitrogens with zero attached hydrogens (tertiary/aromatic N) is 1. The fraction of sp³-hybridized carbons (Fsp3) is 0. The number of rotatable bonds is 4. The molecule has 3 rings (SSSR count). The number of nitrogens with one attached hydrogen (secondary N) is 1. The number of carbonyl (C=O) groups excluding carboxylic acids is 1. The van der Waals surface area contributed by atoms with E-state index < -0.39 is 5.91 Å². The highest BCUT2D eigenvalue weighted by Crippen LogP contribution is 2.23. The van der Waals surface area contributed by atoms with E-state index in [0.717, 1.165) is 10.0 Å². The zero-order valence-corrected chi connectivity index (χ0v) is 14.0. The molecule has 2 N–H and O–H groups in total. The van der Waals surface area contributed by atoms with Gasteiger partial charge in [0.1, 0.15) is 17.3 Å². The molecule has 0 atom stereocenters. The van der Waals surface area contributed by atoms with Gasteiger partial charge in [0.2, 0.25) is 0 Å². The minimum atomic E-state index is -0.415. The second-order valence-electron chi connectivity index (χ2n) is 4.96. The lowest BCUT2D eigenvalue weighted by Crippen LogP contribution is -2.17. The largest absolute Gasteiger partial charge is 0.508 e. The Balaban J connectivity index is 1.65. The Morgan fingerprint density at radius 3 is 2.67 bits per heavy atom. The van der Waals surface area contributed by atoms with E-state index in [9.17, 15) is 9.90 Å². The standard InChI is InChI=1S/C18H13BrN2O3/c19-14-6-4-12(5-7-14)17-9-8-16(24-17)11-20-21-18(23)13-2-1-3-15(22)10-13/h1-11,22H,(H,21,23)/b20-11-. The fourth-order valence-corrected chi connectivity index (χ4v) is 2.32. The van der Waals surface area contributed by atoms with Crippen LogP contribution in [0.2, 0.25) is 0 Å². The van der Waals surface area contributed by atoms with E-state index in [2.05, 4.69) is 26.5 Å². The summed E-state index contributed by atoms with van der Waals surface area (Å²) in [5, 5.41) is 13.2. The molecular formula is C18H13BrN2O3. The number of carbonyl (C=O) groups is 1. The maximum Gasteiger partial charge on any atom is 0.271 e. The number of hydrazone groups is 1. The van der Waals surface area contributed by atoms with Gasteiger partial charge in [0.25, 0.3) is 5.91 Å². The summed E-state index contributed by atoms with van der Waals surface area (Å²) in [6.45, 7) is 0. The maximum atomic E-state index is 11.9. The molecule has 1 heterocycles. The van der Waals surface area contributed by atoms with Crippen LogP contribution in [0.1, 0.15) is 16.1 Å². The number of amides is 1. The molecule has 1 amide bonds. The van der Waals surface area contributed by atoms with Crippen molar-refractivity contribution in [2.24, 2.45) is 5.10 Å². The smallest absolute Gasteiger partial charge is 0.271 e. The van der Waals surface area contributed by atoms with Crippen molar-refractivity contribution in [1.29, 1.82) is 0 Å². The van der Waals surface area contributed by atoms with E-state index in [-0.39, 0.29) is 5.75 Å².